The molecule has 2 N–H and O–H groups in total. The fraction of sp³-hybridized carbons (Fsp3) is 0.235. The van der Waals surface area contributed by atoms with E-state index in [1.54, 1.807) is 19.1 Å². The van der Waals surface area contributed by atoms with Gasteiger partial charge in [0, 0.05) is 10.2 Å². The number of halogens is 1. The molecular weight excluding hydrogens is 392 g/mol. The highest BCUT2D eigenvalue weighted by Crippen LogP contribution is 2.19. The second kappa shape index (κ2) is 8.48. The van der Waals surface area contributed by atoms with Crippen LogP contribution in [0.5, 0.6) is 0 Å². The first-order valence-electron chi connectivity index (χ1n) is 7.40. The van der Waals surface area contributed by atoms with Crippen molar-refractivity contribution in [3.63, 3.8) is 0 Å². The summed E-state index contributed by atoms with van der Waals surface area (Å²) in [6, 6.07) is 6.89. The normalized spacial score (nSPS) is 10.2. The minimum Gasteiger partial charge on any atom is -0.469 e. The Kier molecular flexibility index (Phi) is 6.35. The summed E-state index contributed by atoms with van der Waals surface area (Å²) in [5.74, 6) is -1.20. The van der Waals surface area contributed by atoms with Crippen molar-refractivity contribution >= 4 is 39.4 Å². The van der Waals surface area contributed by atoms with E-state index in [9.17, 15) is 14.4 Å². The number of aryl methyl sites for hydroxylation is 2. The van der Waals surface area contributed by atoms with E-state index >= 15 is 0 Å². The Balaban J connectivity index is 1.75. The molecule has 25 heavy (non-hydrogen) atoms. The van der Waals surface area contributed by atoms with Crippen LogP contribution in [0, 0.1) is 13.8 Å². The number of carbonyl (C=O) groups excluding carboxylic acids is 3. The van der Waals surface area contributed by atoms with Crippen LogP contribution in [0.4, 0.5) is 5.69 Å². The number of rotatable bonds is 6. The molecule has 0 unspecified atom stereocenters. The van der Waals surface area contributed by atoms with Crippen LogP contribution in [0.3, 0.4) is 0 Å². The number of amides is 2. The third-order valence-corrected chi connectivity index (χ3v) is 3.81. The Hall–Kier alpha value is -2.61. The summed E-state index contributed by atoms with van der Waals surface area (Å²) in [5, 5.41) is 5.08. The molecule has 8 heteroatoms. The lowest BCUT2D eigenvalue weighted by molar-refractivity contribution is -0.126. The van der Waals surface area contributed by atoms with Gasteiger partial charge in [-0.05, 0) is 43.7 Å². The molecule has 0 aliphatic heterocycles. The monoisotopic (exact) mass is 408 g/mol. The third-order valence-electron chi connectivity index (χ3n) is 3.32. The maximum absolute atomic E-state index is 11.9. The van der Waals surface area contributed by atoms with Crippen LogP contribution in [-0.4, -0.2) is 30.9 Å². The molecule has 1 aromatic carbocycles. The van der Waals surface area contributed by atoms with Crippen molar-refractivity contribution in [3.05, 3.63) is 51.9 Å². The van der Waals surface area contributed by atoms with Gasteiger partial charge in [0.05, 0.1) is 12.8 Å². The molecular formula is C17H17BrN2O5. The average molecular weight is 409 g/mol. The summed E-state index contributed by atoms with van der Waals surface area (Å²) in [6.45, 7) is 2.77. The van der Waals surface area contributed by atoms with Crippen LogP contribution in [0.25, 0.3) is 0 Å². The zero-order chi connectivity index (χ0) is 18.4. The van der Waals surface area contributed by atoms with Crippen molar-refractivity contribution < 1.29 is 23.5 Å². The van der Waals surface area contributed by atoms with Crippen LogP contribution >= 0.6 is 15.9 Å². The van der Waals surface area contributed by atoms with Gasteiger partial charge in [-0.3, -0.25) is 9.59 Å². The Morgan fingerprint density at radius 2 is 1.92 bits per heavy atom. The van der Waals surface area contributed by atoms with E-state index in [0.717, 1.165) is 10.0 Å². The van der Waals surface area contributed by atoms with Gasteiger partial charge in [0.1, 0.15) is 11.3 Å². The molecule has 2 amide bonds. The van der Waals surface area contributed by atoms with Crippen LogP contribution < -0.4 is 10.6 Å². The Labute approximate surface area is 152 Å². The first-order valence-corrected chi connectivity index (χ1v) is 8.20. The van der Waals surface area contributed by atoms with Gasteiger partial charge >= 0.3 is 5.97 Å². The van der Waals surface area contributed by atoms with E-state index < -0.39 is 18.5 Å². The van der Waals surface area contributed by atoms with Gasteiger partial charge in [-0.1, -0.05) is 15.9 Å². The highest BCUT2D eigenvalue weighted by molar-refractivity contribution is 9.10. The molecule has 0 saturated heterocycles. The Morgan fingerprint density at radius 3 is 2.56 bits per heavy atom. The molecule has 0 aliphatic carbocycles. The fourth-order valence-corrected chi connectivity index (χ4v) is 2.47. The van der Waals surface area contributed by atoms with Crippen LogP contribution in [-0.2, 0) is 14.3 Å². The first kappa shape index (κ1) is 18.7. The lowest BCUT2D eigenvalue weighted by atomic mass is 10.2. The zero-order valence-electron chi connectivity index (χ0n) is 13.7. The molecule has 1 heterocycles. The fourth-order valence-electron chi connectivity index (χ4n) is 2.00. The molecule has 1 aromatic heterocycles. The average Bonchev–Trinajstić information content (AvgIpc) is 2.99. The van der Waals surface area contributed by atoms with Gasteiger partial charge in [-0.15, -0.1) is 0 Å². The third kappa shape index (κ3) is 5.46. The molecule has 0 atom stereocenters. The second-order valence-electron chi connectivity index (χ2n) is 5.25. The van der Waals surface area contributed by atoms with E-state index in [0.29, 0.717) is 11.4 Å². The van der Waals surface area contributed by atoms with Crippen molar-refractivity contribution in [2.45, 2.75) is 13.8 Å². The van der Waals surface area contributed by atoms with E-state index in [1.165, 1.54) is 12.3 Å². The van der Waals surface area contributed by atoms with Gasteiger partial charge in [0.15, 0.2) is 6.61 Å². The summed E-state index contributed by atoms with van der Waals surface area (Å²) in [5.41, 5.74) is 1.80. The lowest BCUT2D eigenvalue weighted by Crippen LogP contribution is -2.35. The lowest BCUT2D eigenvalue weighted by Gasteiger charge is -2.10. The predicted octanol–water partition coefficient (Wildman–Crippen LogP) is 2.57. The molecule has 0 fully saturated rings. The summed E-state index contributed by atoms with van der Waals surface area (Å²) in [4.78, 5) is 35.3. The summed E-state index contributed by atoms with van der Waals surface area (Å²) < 4.78 is 10.8. The van der Waals surface area contributed by atoms with E-state index in [4.69, 9.17) is 9.15 Å². The number of hydrogen-bond acceptors (Lipinski definition) is 5. The minimum atomic E-state index is -0.656. The van der Waals surface area contributed by atoms with Crippen molar-refractivity contribution in [2.24, 2.45) is 0 Å². The van der Waals surface area contributed by atoms with Gasteiger partial charge in [0.25, 0.3) is 5.91 Å². The van der Waals surface area contributed by atoms with Gasteiger partial charge in [-0.25, -0.2) is 4.79 Å². The summed E-state index contributed by atoms with van der Waals surface area (Å²) in [6.07, 6.45) is 1.36. The number of esters is 1. The van der Waals surface area contributed by atoms with Crippen LogP contribution in [0.1, 0.15) is 21.7 Å². The summed E-state index contributed by atoms with van der Waals surface area (Å²) in [7, 11) is 0. The number of anilines is 1. The van der Waals surface area contributed by atoms with E-state index in [1.807, 2.05) is 13.0 Å². The molecule has 132 valence electrons. The number of carbonyl (C=O) groups is 3. The summed E-state index contributed by atoms with van der Waals surface area (Å²) >= 11 is 3.34. The highest BCUT2D eigenvalue weighted by atomic mass is 79.9. The topological polar surface area (TPSA) is 97.6 Å². The first-order chi connectivity index (χ1) is 11.9. The van der Waals surface area contributed by atoms with Crippen molar-refractivity contribution in [3.8, 4) is 0 Å². The number of hydrogen-bond donors (Lipinski definition) is 2. The Morgan fingerprint density at radius 1 is 1.16 bits per heavy atom. The molecule has 0 spiro atoms. The minimum absolute atomic E-state index is 0.226. The maximum atomic E-state index is 11.9. The molecule has 0 bridgehead atoms. The van der Waals surface area contributed by atoms with Crippen molar-refractivity contribution in [2.75, 3.05) is 18.5 Å². The standard InChI is InChI=1S/C17H17BrN2O5/c1-10-7-12(18)3-4-14(10)20-15(21)8-19-16(22)9-25-17(23)13-5-6-24-11(13)2/h3-7H,8-9H2,1-2H3,(H,19,22)(H,20,21). The number of nitrogens with one attached hydrogen (secondary N) is 2. The molecule has 2 rings (SSSR count). The van der Waals surface area contributed by atoms with Crippen molar-refractivity contribution in [1.82, 2.24) is 5.32 Å². The number of furan rings is 1. The van der Waals surface area contributed by atoms with Crippen LogP contribution in [0.2, 0.25) is 0 Å². The molecule has 0 radical (unpaired) electrons. The number of ether oxygens (including phenoxy) is 1. The molecule has 2 aromatic rings. The quantitative estimate of drug-likeness (QED) is 0.715. The largest absolute Gasteiger partial charge is 0.469 e. The molecule has 7 nitrogen and oxygen atoms in total. The molecule has 0 saturated carbocycles. The van der Waals surface area contributed by atoms with Gasteiger partial charge < -0.3 is 19.8 Å². The van der Waals surface area contributed by atoms with E-state index in [2.05, 4.69) is 26.6 Å². The zero-order valence-corrected chi connectivity index (χ0v) is 15.3. The molecule has 0 aliphatic rings. The van der Waals surface area contributed by atoms with Crippen LogP contribution in [0.15, 0.2) is 39.4 Å². The van der Waals surface area contributed by atoms with E-state index in [-0.39, 0.29) is 18.0 Å². The van der Waals surface area contributed by atoms with Gasteiger partial charge in [0.2, 0.25) is 5.91 Å². The number of benzene rings is 1. The van der Waals surface area contributed by atoms with Crippen molar-refractivity contribution in [1.29, 1.82) is 0 Å². The maximum Gasteiger partial charge on any atom is 0.342 e. The Bertz CT molecular complexity index is 800. The smallest absolute Gasteiger partial charge is 0.342 e. The van der Waals surface area contributed by atoms with Gasteiger partial charge in [-0.2, -0.15) is 0 Å². The highest BCUT2D eigenvalue weighted by Gasteiger charge is 2.15. The SMILES string of the molecule is Cc1cc(Br)ccc1NC(=O)CNC(=O)COC(=O)c1ccoc1C. The predicted molar refractivity (Wildman–Crippen MR) is 94.2 cm³/mol. The second-order valence-corrected chi connectivity index (χ2v) is 6.17.